The number of ether oxygens (including phenoxy) is 1. The number of hydrogen-bond donors (Lipinski definition) is 2. The van der Waals surface area contributed by atoms with Crippen molar-refractivity contribution >= 4 is 11.7 Å². The van der Waals surface area contributed by atoms with E-state index in [0.29, 0.717) is 18.0 Å². The number of benzene rings is 1. The fourth-order valence-electron chi connectivity index (χ4n) is 1.66. The van der Waals surface area contributed by atoms with Crippen LogP contribution in [0.15, 0.2) is 41.2 Å². The molecule has 1 aromatic heterocycles. The summed E-state index contributed by atoms with van der Waals surface area (Å²) in [6.07, 6.45) is 3.16. The molecule has 0 fully saturated rings. The van der Waals surface area contributed by atoms with E-state index in [2.05, 4.69) is 10.6 Å². The number of anilines is 1. The van der Waals surface area contributed by atoms with Crippen molar-refractivity contribution in [2.45, 2.75) is 13.5 Å². The summed E-state index contributed by atoms with van der Waals surface area (Å²) in [5.41, 5.74) is 2.60. The first-order chi connectivity index (χ1) is 9.19. The van der Waals surface area contributed by atoms with E-state index < -0.39 is 0 Å². The van der Waals surface area contributed by atoms with Gasteiger partial charge in [-0.1, -0.05) is 6.07 Å². The molecule has 2 aromatic rings. The lowest BCUT2D eigenvalue weighted by atomic mass is 10.2. The highest BCUT2D eigenvalue weighted by molar-refractivity contribution is 5.91. The van der Waals surface area contributed by atoms with Crippen LogP contribution < -0.4 is 15.4 Å². The first-order valence-corrected chi connectivity index (χ1v) is 5.89. The number of nitrogens with one attached hydrogen (secondary N) is 2. The zero-order chi connectivity index (χ0) is 13.7. The van der Waals surface area contributed by atoms with Gasteiger partial charge in [0.25, 0.3) is 0 Å². The highest BCUT2D eigenvalue weighted by Crippen LogP contribution is 2.24. The number of methoxy groups -OCH3 is 1. The zero-order valence-corrected chi connectivity index (χ0v) is 10.9. The predicted molar refractivity (Wildman–Crippen MR) is 72.3 cm³/mol. The summed E-state index contributed by atoms with van der Waals surface area (Å²) in [6, 6.07) is 7.11. The summed E-state index contributed by atoms with van der Waals surface area (Å²) < 4.78 is 10.1. The molecule has 0 unspecified atom stereocenters. The summed E-state index contributed by atoms with van der Waals surface area (Å²) in [5, 5.41) is 5.50. The molecule has 0 spiro atoms. The lowest BCUT2D eigenvalue weighted by Gasteiger charge is -2.11. The van der Waals surface area contributed by atoms with Crippen molar-refractivity contribution in [2.75, 3.05) is 12.4 Å². The van der Waals surface area contributed by atoms with Crippen LogP contribution in [0.3, 0.4) is 0 Å². The Labute approximate surface area is 111 Å². The van der Waals surface area contributed by atoms with E-state index in [4.69, 9.17) is 9.15 Å². The van der Waals surface area contributed by atoms with E-state index in [0.717, 1.165) is 11.1 Å². The molecular formula is C14H16N2O3. The third-order valence-corrected chi connectivity index (χ3v) is 2.64. The van der Waals surface area contributed by atoms with Crippen LogP contribution in [-0.4, -0.2) is 13.1 Å². The predicted octanol–water partition coefficient (Wildman–Crippen LogP) is 2.92. The molecule has 5 nitrogen and oxygen atoms in total. The van der Waals surface area contributed by atoms with Crippen molar-refractivity contribution in [3.05, 3.63) is 47.9 Å². The largest absolute Gasteiger partial charge is 0.495 e. The van der Waals surface area contributed by atoms with E-state index in [-0.39, 0.29) is 6.03 Å². The number of carbonyl (C=O) groups is 1. The number of hydrogen-bond acceptors (Lipinski definition) is 3. The van der Waals surface area contributed by atoms with Crippen molar-refractivity contribution in [3.8, 4) is 5.75 Å². The lowest BCUT2D eigenvalue weighted by Crippen LogP contribution is -2.28. The quantitative estimate of drug-likeness (QED) is 0.888. The van der Waals surface area contributed by atoms with Gasteiger partial charge in [-0.25, -0.2) is 4.79 Å². The molecule has 19 heavy (non-hydrogen) atoms. The number of aryl methyl sites for hydroxylation is 1. The number of furan rings is 1. The maximum atomic E-state index is 11.8. The van der Waals surface area contributed by atoms with Gasteiger partial charge in [-0.2, -0.15) is 0 Å². The fourth-order valence-corrected chi connectivity index (χ4v) is 1.66. The summed E-state index contributed by atoms with van der Waals surface area (Å²) in [5.74, 6) is 0.629. The van der Waals surface area contributed by atoms with E-state index in [9.17, 15) is 4.79 Å². The smallest absolute Gasteiger partial charge is 0.319 e. The normalized spacial score (nSPS) is 10.0. The van der Waals surface area contributed by atoms with Gasteiger partial charge in [0.1, 0.15) is 5.75 Å². The van der Waals surface area contributed by atoms with Crippen molar-refractivity contribution in [2.24, 2.45) is 0 Å². The molecule has 0 aliphatic heterocycles. The third kappa shape index (κ3) is 3.51. The SMILES string of the molecule is COc1ccc(C)cc1NC(=O)NCc1ccoc1. The van der Waals surface area contributed by atoms with Crippen molar-refractivity contribution < 1.29 is 13.9 Å². The van der Waals surface area contributed by atoms with Crippen LogP contribution in [0.25, 0.3) is 0 Å². The van der Waals surface area contributed by atoms with Gasteiger partial charge in [0.15, 0.2) is 0 Å². The molecule has 0 saturated heterocycles. The molecule has 0 atom stereocenters. The second-order valence-electron chi connectivity index (χ2n) is 4.14. The molecular weight excluding hydrogens is 244 g/mol. The number of rotatable bonds is 4. The van der Waals surface area contributed by atoms with Crippen molar-refractivity contribution in [1.82, 2.24) is 5.32 Å². The van der Waals surface area contributed by atoms with Crippen LogP contribution in [0, 0.1) is 6.92 Å². The topological polar surface area (TPSA) is 63.5 Å². The van der Waals surface area contributed by atoms with E-state index >= 15 is 0 Å². The molecule has 100 valence electrons. The van der Waals surface area contributed by atoms with Gasteiger partial charge in [-0.15, -0.1) is 0 Å². The fraction of sp³-hybridized carbons (Fsp3) is 0.214. The maximum Gasteiger partial charge on any atom is 0.319 e. The Morgan fingerprint density at radius 1 is 1.37 bits per heavy atom. The van der Waals surface area contributed by atoms with Crippen LogP contribution >= 0.6 is 0 Å². The van der Waals surface area contributed by atoms with Crippen LogP contribution in [0.5, 0.6) is 5.75 Å². The first kappa shape index (κ1) is 13.0. The molecule has 1 aromatic carbocycles. The average molecular weight is 260 g/mol. The molecule has 2 rings (SSSR count). The first-order valence-electron chi connectivity index (χ1n) is 5.89. The van der Waals surface area contributed by atoms with Gasteiger partial charge in [0.05, 0.1) is 25.3 Å². The molecule has 0 bridgehead atoms. The van der Waals surface area contributed by atoms with Gasteiger partial charge in [0, 0.05) is 12.1 Å². The molecule has 0 saturated carbocycles. The standard InChI is InChI=1S/C14H16N2O3/c1-10-3-4-13(18-2)12(7-10)16-14(17)15-8-11-5-6-19-9-11/h3-7,9H,8H2,1-2H3,(H2,15,16,17). The molecule has 1 heterocycles. The Balaban J connectivity index is 1.96. The van der Waals surface area contributed by atoms with Gasteiger partial charge in [-0.05, 0) is 30.7 Å². The molecule has 0 radical (unpaired) electrons. The molecule has 2 amide bonds. The number of amides is 2. The lowest BCUT2D eigenvalue weighted by molar-refractivity contribution is 0.251. The Kier molecular flexibility index (Phi) is 4.07. The van der Waals surface area contributed by atoms with Crippen molar-refractivity contribution in [3.63, 3.8) is 0 Å². The van der Waals surface area contributed by atoms with Gasteiger partial charge in [0.2, 0.25) is 0 Å². The van der Waals surface area contributed by atoms with E-state index in [1.54, 1.807) is 25.7 Å². The summed E-state index contributed by atoms with van der Waals surface area (Å²) in [7, 11) is 1.57. The highest BCUT2D eigenvalue weighted by atomic mass is 16.5. The van der Waals surface area contributed by atoms with Gasteiger partial charge in [-0.3, -0.25) is 0 Å². The van der Waals surface area contributed by atoms with Crippen molar-refractivity contribution in [1.29, 1.82) is 0 Å². The Hall–Kier alpha value is -2.43. The average Bonchev–Trinajstić information content (AvgIpc) is 2.90. The molecule has 2 N–H and O–H groups in total. The Morgan fingerprint density at radius 3 is 2.89 bits per heavy atom. The van der Waals surface area contributed by atoms with Crippen LogP contribution in [0.4, 0.5) is 10.5 Å². The number of carbonyl (C=O) groups excluding carboxylic acids is 1. The van der Waals surface area contributed by atoms with E-state index in [1.165, 1.54) is 0 Å². The minimum absolute atomic E-state index is 0.287. The highest BCUT2D eigenvalue weighted by Gasteiger charge is 2.07. The van der Waals surface area contributed by atoms with Gasteiger partial charge < -0.3 is 19.8 Å². The monoisotopic (exact) mass is 260 g/mol. The summed E-state index contributed by atoms with van der Waals surface area (Å²) in [6.45, 7) is 2.37. The summed E-state index contributed by atoms with van der Waals surface area (Å²) >= 11 is 0. The minimum Gasteiger partial charge on any atom is -0.495 e. The second kappa shape index (κ2) is 5.95. The van der Waals surface area contributed by atoms with E-state index in [1.807, 2.05) is 25.1 Å². The minimum atomic E-state index is -0.287. The molecule has 5 heteroatoms. The third-order valence-electron chi connectivity index (χ3n) is 2.64. The van der Waals surface area contributed by atoms with Crippen LogP contribution in [0.2, 0.25) is 0 Å². The van der Waals surface area contributed by atoms with Crippen LogP contribution in [0.1, 0.15) is 11.1 Å². The zero-order valence-electron chi connectivity index (χ0n) is 10.9. The second-order valence-corrected chi connectivity index (χ2v) is 4.14. The summed E-state index contributed by atoms with van der Waals surface area (Å²) in [4.78, 5) is 11.8. The number of urea groups is 1. The molecule has 0 aliphatic carbocycles. The van der Waals surface area contributed by atoms with Gasteiger partial charge >= 0.3 is 6.03 Å². The Bertz CT molecular complexity index is 550. The maximum absolute atomic E-state index is 11.8. The molecule has 0 aliphatic rings. The Morgan fingerprint density at radius 2 is 2.21 bits per heavy atom. The van der Waals surface area contributed by atoms with Crippen LogP contribution in [-0.2, 0) is 6.54 Å².